The summed E-state index contributed by atoms with van der Waals surface area (Å²) in [5.41, 5.74) is 3.44. The Morgan fingerprint density at radius 1 is 1.00 bits per heavy atom. The highest BCUT2D eigenvalue weighted by atomic mass is 32.1. The Morgan fingerprint density at radius 2 is 1.78 bits per heavy atom. The highest BCUT2D eigenvalue weighted by molar-refractivity contribution is 7.22. The number of piperazine rings is 1. The molecule has 4 rings (SSSR count). The van der Waals surface area contributed by atoms with Gasteiger partial charge in [-0.2, -0.15) is 0 Å². The number of thiazole rings is 1. The Bertz CT molecular complexity index is 791. The largest absolute Gasteiger partial charge is 0.369 e. The standard InChI is InChI=1S/C18H20N4S/c1-21-9-11-22(12-10-21)15-7-8-16-17(13-15)23-18(20-16)19-14-5-3-2-4-6-14/h2-8,13H,9-12H2,1H3,(H,19,20). The van der Waals surface area contributed by atoms with E-state index in [4.69, 9.17) is 0 Å². The van der Waals surface area contributed by atoms with Crippen molar-refractivity contribution in [3.05, 3.63) is 48.5 Å². The molecule has 1 N–H and O–H groups in total. The highest BCUT2D eigenvalue weighted by Crippen LogP contribution is 2.31. The Kier molecular flexibility index (Phi) is 3.89. The number of hydrogen-bond acceptors (Lipinski definition) is 5. The molecule has 1 aliphatic rings. The molecular weight excluding hydrogens is 304 g/mol. The van der Waals surface area contributed by atoms with Gasteiger partial charge in [0.05, 0.1) is 10.2 Å². The van der Waals surface area contributed by atoms with E-state index >= 15 is 0 Å². The average molecular weight is 324 g/mol. The van der Waals surface area contributed by atoms with Crippen LogP contribution in [0.4, 0.5) is 16.5 Å². The van der Waals surface area contributed by atoms with E-state index in [9.17, 15) is 0 Å². The van der Waals surface area contributed by atoms with Crippen LogP contribution in [0.25, 0.3) is 10.2 Å². The van der Waals surface area contributed by atoms with Crippen LogP contribution in [0.5, 0.6) is 0 Å². The van der Waals surface area contributed by atoms with Gasteiger partial charge in [0, 0.05) is 37.6 Å². The van der Waals surface area contributed by atoms with E-state index in [0.29, 0.717) is 0 Å². The summed E-state index contributed by atoms with van der Waals surface area (Å²) in [6.07, 6.45) is 0. The number of likely N-dealkylation sites (N-methyl/N-ethyl adjacent to an activating group) is 1. The predicted octanol–water partition coefficient (Wildman–Crippen LogP) is 3.79. The van der Waals surface area contributed by atoms with Gasteiger partial charge in [-0.05, 0) is 37.4 Å². The monoisotopic (exact) mass is 324 g/mol. The molecule has 23 heavy (non-hydrogen) atoms. The molecule has 4 nitrogen and oxygen atoms in total. The maximum atomic E-state index is 4.69. The average Bonchev–Trinajstić information content (AvgIpc) is 2.98. The SMILES string of the molecule is CN1CCN(c2ccc3nc(Nc4ccccc4)sc3c2)CC1. The fourth-order valence-electron chi connectivity index (χ4n) is 2.87. The molecular formula is C18H20N4S. The van der Waals surface area contributed by atoms with Crippen molar-refractivity contribution in [2.75, 3.05) is 43.4 Å². The lowest BCUT2D eigenvalue weighted by molar-refractivity contribution is 0.313. The van der Waals surface area contributed by atoms with Gasteiger partial charge in [-0.15, -0.1) is 0 Å². The third-order valence-corrected chi connectivity index (χ3v) is 5.20. The smallest absolute Gasteiger partial charge is 0.188 e. The van der Waals surface area contributed by atoms with E-state index < -0.39 is 0 Å². The van der Waals surface area contributed by atoms with Gasteiger partial charge in [0.2, 0.25) is 0 Å². The maximum Gasteiger partial charge on any atom is 0.188 e. The molecule has 118 valence electrons. The van der Waals surface area contributed by atoms with Crippen molar-refractivity contribution in [1.29, 1.82) is 0 Å². The number of para-hydroxylation sites is 1. The second kappa shape index (κ2) is 6.18. The molecule has 0 spiro atoms. The molecule has 3 aromatic rings. The lowest BCUT2D eigenvalue weighted by Gasteiger charge is -2.34. The zero-order chi connectivity index (χ0) is 15.6. The summed E-state index contributed by atoms with van der Waals surface area (Å²) in [6, 6.07) is 16.8. The fourth-order valence-corrected chi connectivity index (χ4v) is 3.79. The summed E-state index contributed by atoms with van der Waals surface area (Å²) < 4.78 is 1.24. The molecule has 0 aliphatic carbocycles. The summed E-state index contributed by atoms with van der Waals surface area (Å²) in [4.78, 5) is 9.53. The molecule has 2 aromatic carbocycles. The molecule has 0 amide bonds. The van der Waals surface area contributed by atoms with Crippen LogP contribution in [0.2, 0.25) is 0 Å². The van der Waals surface area contributed by atoms with Crippen LogP contribution in [-0.2, 0) is 0 Å². The van der Waals surface area contributed by atoms with E-state index in [1.807, 2.05) is 18.2 Å². The molecule has 1 fully saturated rings. The summed E-state index contributed by atoms with van der Waals surface area (Å²) in [5, 5.41) is 4.33. The van der Waals surface area contributed by atoms with Crippen LogP contribution >= 0.6 is 11.3 Å². The second-order valence-electron chi connectivity index (χ2n) is 5.95. The van der Waals surface area contributed by atoms with Gasteiger partial charge in [-0.25, -0.2) is 4.98 Å². The minimum atomic E-state index is 0.946. The molecule has 0 bridgehead atoms. The molecule has 0 unspecified atom stereocenters. The summed E-state index contributed by atoms with van der Waals surface area (Å²) in [6.45, 7) is 4.44. The Morgan fingerprint density at radius 3 is 2.57 bits per heavy atom. The molecule has 1 aromatic heterocycles. The highest BCUT2D eigenvalue weighted by Gasteiger charge is 2.15. The number of nitrogens with zero attached hydrogens (tertiary/aromatic N) is 3. The third kappa shape index (κ3) is 3.16. The van der Waals surface area contributed by atoms with E-state index in [2.05, 4.69) is 57.5 Å². The first-order valence-corrected chi connectivity index (χ1v) is 8.76. The number of hydrogen-bond donors (Lipinski definition) is 1. The van der Waals surface area contributed by atoms with Crippen LogP contribution in [-0.4, -0.2) is 43.1 Å². The maximum absolute atomic E-state index is 4.69. The number of fused-ring (bicyclic) bond motifs is 1. The van der Waals surface area contributed by atoms with Crippen molar-refractivity contribution < 1.29 is 0 Å². The van der Waals surface area contributed by atoms with Gasteiger partial charge < -0.3 is 15.1 Å². The Labute approximate surface area is 140 Å². The van der Waals surface area contributed by atoms with Crippen LogP contribution in [0.3, 0.4) is 0 Å². The van der Waals surface area contributed by atoms with Crippen molar-refractivity contribution in [2.45, 2.75) is 0 Å². The summed E-state index contributed by atoms with van der Waals surface area (Å²) in [5.74, 6) is 0. The van der Waals surface area contributed by atoms with Crippen LogP contribution in [0, 0.1) is 0 Å². The third-order valence-electron chi connectivity index (χ3n) is 4.27. The van der Waals surface area contributed by atoms with Crippen LogP contribution < -0.4 is 10.2 Å². The lowest BCUT2D eigenvalue weighted by atomic mass is 10.2. The van der Waals surface area contributed by atoms with Crippen LogP contribution in [0.15, 0.2) is 48.5 Å². The van der Waals surface area contributed by atoms with Crippen molar-refractivity contribution in [1.82, 2.24) is 9.88 Å². The Balaban J connectivity index is 1.57. The van der Waals surface area contributed by atoms with E-state index in [1.165, 1.54) is 10.4 Å². The number of aromatic nitrogens is 1. The zero-order valence-electron chi connectivity index (χ0n) is 13.2. The molecule has 5 heteroatoms. The van der Waals surface area contributed by atoms with Gasteiger partial charge in [-0.1, -0.05) is 29.5 Å². The first-order chi connectivity index (χ1) is 11.3. The normalized spacial score (nSPS) is 16.0. The fraction of sp³-hybridized carbons (Fsp3) is 0.278. The van der Waals surface area contributed by atoms with E-state index in [0.717, 1.165) is 42.5 Å². The minimum absolute atomic E-state index is 0.946. The predicted molar refractivity (Wildman–Crippen MR) is 99.1 cm³/mol. The number of nitrogens with one attached hydrogen (secondary N) is 1. The van der Waals surface area contributed by atoms with E-state index in [-0.39, 0.29) is 0 Å². The van der Waals surface area contributed by atoms with Gasteiger partial charge in [0.25, 0.3) is 0 Å². The number of benzene rings is 2. The number of anilines is 3. The first kappa shape index (κ1) is 14.5. The van der Waals surface area contributed by atoms with Gasteiger partial charge >= 0.3 is 0 Å². The zero-order valence-corrected chi connectivity index (χ0v) is 14.0. The summed E-state index contributed by atoms with van der Waals surface area (Å²) >= 11 is 1.71. The van der Waals surface area contributed by atoms with Crippen LogP contribution in [0.1, 0.15) is 0 Å². The van der Waals surface area contributed by atoms with Crippen molar-refractivity contribution >= 4 is 38.1 Å². The molecule has 0 saturated carbocycles. The topological polar surface area (TPSA) is 31.4 Å². The minimum Gasteiger partial charge on any atom is -0.369 e. The molecule has 1 saturated heterocycles. The van der Waals surface area contributed by atoms with Gasteiger partial charge in [0.15, 0.2) is 5.13 Å². The number of rotatable bonds is 3. The van der Waals surface area contributed by atoms with Crippen molar-refractivity contribution in [2.24, 2.45) is 0 Å². The molecule has 2 heterocycles. The van der Waals surface area contributed by atoms with Crippen molar-refractivity contribution in [3.63, 3.8) is 0 Å². The van der Waals surface area contributed by atoms with Crippen molar-refractivity contribution in [3.8, 4) is 0 Å². The van der Waals surface area contributed by atoms with Gasteiger partial charge in [0.1, 0.15) is 0 Å². The molecule has 0 atom stereocenters. The Hall–Kier alpha value is -2.11. The van der Waals surface area contributed by atoms with E-state index in [1.54, 1.807) is 11.3 Å². The second-order valence-corrected chi connectivity index (χ2v) is 6.98. The summed E-state index contributed by atoms with van der Waals surface area (Å²) in [7, 11) is 2.19. The molecule has 0 radical (unpaired) electrons. The quantitative estimate of drug-likeness (QED) is 0.794. The lowest BCUT2D eigenvalue weighted by Crippen LogP contribution is -2.44. The van der Waals surface area contributed by atoms with Gasteiger partial charge in [-0.3, -0.25) is 0 Å². The molecule has 1 aliphatic heterocycles. The first-order valence-electron chi connectivity index (χ1n) is 7.94.